The quantitative estimate of drug-likeness (QED) is 0.419. The summed E-state index contributed by atoms with van der Waals surface area (Å²) in [7, 11) is 0. The van der Waals surface area contributed by atoms with E-state index >= 15 is 0 Å². The third-order valence-corrected chi connectivity index (χ3v) is 0.645. The van der Waals surface area contributed by atoms with E-state index in [4.69, 9.17) is 0 Å². The zero-order valence-electron chi connectivity index (χ0n) is 2.42. The predicted octanol–water partition coefficient (Wildman–Crippen LogP) is -0.419. The van der Waals surface area contributed by atoms with Crippen LogP contribution in [-0.2, 0) is 0 Å². The van der Waals surface area contributed by atoms with Gasteiger partial charge < -0.3 is 0 Å². The third-order valence-electron chi connectivity index (χ3n) is 0.645. The minimum absolute atomic E-state index is 0.880. The van der Waals surface area contributed by atoms with E-state index in [1.54, 1.807) is 11.0 Å². The van der Waals surface area contributed by atoms with Crippen LogP contribution in [0.5, 0.6) is 0 Å². The second-order valence-corrected chi connectivity index (χ2v) is 0.989. The molecule has 0 aromatic carbocycles. The molecule has 0 unspecified atom stereocenters. The van der Waals surface area contributed by atoms with E-state index in [2.05, 4.69) is 10.1 Å². The Kier molecular flexibility index (Phi) is 0.0671. The second kappa shape index (κ2) is 0.217. The molecule has 2 aliphatic heterocycles. The summed E-state index contributed by atoms with van der Waals surface area (Å²) in [5, 5.41) is 3.69. The highest BCUT2D eigenvalue weighted by atomic mass is 15.6. The van der Waals surface area contributed by atoms with Gasteiger partial charge in [0.2, 0.25) is 0 Å². The van der Waals surface area contributed by atoms with E-state index in [0.717, 1.165) is 5.95 Å². The van der Waals surface area contributed by atoms with Gasteiger partial charge in [0, 0.05) is 0 Å². The van der Waals surface area contributed by atoms with Crippen molar-refractivity contribution < 1.29 is 0 Å². The maximum absolute atomic E-state index is 3.69. The largest absolute Gasteiger partial charge is 0.271 e. The summed E-state index contributed by atoms with van der Waals surface area (Å²) < 4.78 is 1.72. The molecule has 2 rings (SSSR count). The lowest BCUT2D eigenvalue weighted by molar-refractivity contribution is 0.990. The summed E-state index contributed by atoms with van der Waals surface area (Å²) in [5.41, 5.74) is 0. The van der Waals surface area contributed by atoms with Gasteiger partial charge in [-0.3, -0.25) is 0 Å². The second-order valence-electron chi connectivity index (χ2n) is 0.989. The van der Waals surface area contributed by atoms with Crippen molar-refractivity contribution in [2.75, 3.05) is 0 Å². The molecule has 2 heterocycles. The van der Waals surface area contributed by atoms with Crippen LogP contribution in [0.1, 0.15) is 0 Å². The van der Waals surface area contributed by atoms with Crippen molar-refractivity contribution in [1.82, 2.24) is 14.8 Å². The van der Waals surface area contributed by atoms with Crippen LogP contribution in [0.15, 0.2) is 6.33 Å². The van der Waals surface area contributed by atoms with E-state index in [1.807, 2.05) is 0 Å². The fourth-order valence-corrected chi connectivity index (χ4v) is 0.287. The Morgan fingerprint density at radius 1 is 1.80 bits per heavy atom. The third kappa shape index (κ3) is 0.0397. The molecule has 0 bridgehead atoms. The lowest BCUT2D eigenvalue weighted by Gasteiger charge is -1.74. The molecule has 5 heavy (non-hydrogen) atoms. The molecule has 0 amide bonds. The number of hydrogen-bond donors (Lipinski definition) is 0. The van der Waals surface area contributed by atoms with Gasteiger partial charge in [0.15, 0.2) is 0 Å². The molecule has 0 spiro atoms. The summed E-state index contributed by atoms with van der Waals surface area (Å²) in [5.74, 6) is 0.880. The molecule has 0 saturated heterocycles. The van der Waals surface area contributed by atoms with Crippen molar-refractivity contribution in [3.63, 3.8) is 0 Å². The first kappa shape index (κ1) is 1.55. The summed E-state index contributed by atoms with van der Waals surface area (Å²) in [6, 6.07) is 0. The van der Waals surface area contributed by atoms with E-state index in [-0.39, 0.29) is 0 Å². The first-order valence-electron chi connectivity index (χ1n) is 1.39. The lowest BCUT2D eigenvalue weighted by atomic mass is 11.0. The molecular weight excluding hydrogens is 66.0 g/mol. The minimum Gasteiger partial charge on any atom is -0.198 e. The van der Waals surface area contributed by atoms with Crippen LogP contribution >= 0.6 is 0 Å². The van der Waals surface area contributed by atoms with E-state index in [0.29, 0.717) is 0 Å². The summed E-state index contributed by atoms with van der Waals surface area (Å²) in [6.07, 6.45) is 1.68. The van der Waals surface area contributed by atoms with Crippen molar-refractivity contribution >= 4 is 0 Å². The molecule has 2 aliphatic rings. The first-order valence-corrected chi connectivity index (χ1v) is 1.39. The minimum atomic E-state index is 0.880. The molecule has 0 radical (unpaired) electrons. The lowest BCUT2D eigenvalue weighted by Crippen LogP contribution is -1.81. The Morgan fingerprint density at radius 2 is 2.60 bits per heavy atom. The van der Waals surface area contributed by atoms with Crippen molar-refractivity contribution in [2.24, 2.45) is 0 Å². The van der Waals surface area contributed by atoms with Gasteiger partial charge >= 0.3 is 0 Å². The van der Waals surface area contributed by atoms with Gasteiger partial charge in [0.1, 0.15) is 6.33 Å². The highest BCUT2D eigenvalue weighted by Gasteiger charge is 2.14. The van der Waals surface area contributed by atoms with Gasteiger partial charge in [-0.1, -0.05) is 0 Å². The molecule has 3 nitrogen and oxygen atoms in total. The molecular formula is C2HN3. The summed E-state index contributed by atoms with van der Waals surface area (Å²) in [6.45, 7) is 0. The standard InChI is InChI=1S/C2HN3/c1-3-2-4-5(1)2/h1H. The normalized spacial score (nSPS) is 12.0. The summed E-state index contributed by atoms with van der Waals surface area (Å²) >= 11 is 0. The number of hydrogen-bond acceptors (Lipinski definition) is 2. The molecule has 0 aromatic rings. The Hall–Kier alpha value is -0.860. The van der Waals surface area contributed by atoms with Gasteiger partial charge in [0.25, 0.3) is 5.95 Å². The molecule has 0 atom stereocenters. The monoisotopic (exact) mass is 67.0 g/mol. The number of nitrogens with zero attached hydrogens (tertiary/aromatic N) is 3. The summed E-state index contributed by atoms with van der Waals surface area (Å²) in [4.78, 5) is 3.69. The molecule has 24 valence electrons. The van der Waals surface area contributed by atoms with Crippen LogP contribution in [0.25, 0.3) is 5.95 Å². The fraction of sp³-hybridized carbons (Fsp3) is 0. The Bertz CT molecular complexity index is 130. The maximum atomic E-state index is 3.69. The van der Waals surface area contributed by atoms with Crippen molar-refractivity contribution in [3.8, 4) is 5.95 Å². The van der Waals surface area contributed by atoms with Crippen LogP contribution < -0.4 is 0 Å². The molecule has 0 aromatic heterocycles. The van der Waals surface area contributed by atoms with Gasteiger partial charge in [-0.25, -0.2) is 0 Å². The van der Waals surface area contributed by atoms with Gasteiger partial charge in [-0.2, -0.15) is 9.67 Å². The average Bonchev–Trinajstić information content (AvgIpc) is 1.74. The van der Waals surface area contributed by atoms with E-state index < -0.39 is 0 Å². The smallest absolute Gasteiger partial charge is 0.198 e. The van der Waals surface area contributed by atoms with Crippen LogP contribution in [0, 0.1) is 0 Å². The van der Waals surface area contributed by atoms with Gasteiger partial charge in [0.05, 0.1) is 0 Å². The molecule has 0 saturated carbocycles. The zero-order chi connectivity index (χ0) is 3.28. The SMILES string of the molecule is c1nc2nn1-2. The van der Waals surface area contributed by atoms with Crippen LogP contribution in [0.2, 0.25) is 0 Å². The van der Waals surface area contributed by atoms with Crippen LogP contribution in [0.4, 0.5) is 0 Å². The highest BCUT2D eigenvalue weighted by molar-refractivity contribution is 5.16. The number of aromatic nitrogens is 3. The Morgan fingerprint density at radius 3 is 2.60 bits per heavy atom. The number of rotatable bonds is 0. The van der Waals surface area contributed by atoms with Crippen LogP contribution in [0.3, 0.4) is 0 Å². The van der Waals surface area contributed by atoms with E-state index in [9.17, 15) is 0 Å². The molecule has 0 fully saturated rings. The zero-order valence-corrected chi connectivity index (χ0v) is 2.42. The predicted molar refractivity (Wildman–Crippen MR) is 14.9 cm³/mol. The van der Waals surface area contributed by atoms with Gasteiger partial charge in [-0.05, 0) is 0 Å². The Balaban J connectivity index is 3.13. The fourth-order valence-electron chi connectivity index (χ4n) is 0.287. The highest BCUT2D eigenvalue weighted by Crippen LogP contribution is 2.07. The van der Waals surface area contributed by atoms with Crippen molar-refractivity contribution in [3.05, 3.63) is 6.33 Å². The molecule has 3 heteroatoms. The van der Waals surface area contributed by atoms with Crippen LogP contribution in [-0.4, -0.2) is 14.8 Å². The molecule has 0 N–H and O–H groups in total. The molecule has 0 aliphatic carbocycles. The Labute approximate surface area is 28.3 Å². The van der Waals surface area contributed by atoms with Gasteiger partial charge in [-0.15, -0.1) is 5.10 Å². The first-order chi connectivity index (χ1) is 2.47. The van der Waals surface area contributed by atoms with Crippen molar-refractivity contribution in [1.29, 1.82) is 0 Å². The van der Waals surface area contributed by atoms with Crippen molar-refractivity contribution in [2.45, 2.75) is 0 Å². The number of fused-ring (bicyclic) bond motifs is 1. The maximum Gasteiger partial charge on any atom is 0.271 e. The topological polar surface area (TPSA) is 30.7 Å². The van der Waals surface area contributed by atoms with E-state index in [1.165, 1.54) is 0 Å². The average molecular weight is 67.1 g/mol.